The minimum Gasteiger partial charge on any atom is -0.489 e. The van der Waals surface area contributed by atoms with Crippen LogP contribution in [0.1, 0.15) is 26.4 Å². The number of anilines is 1. The number of rotatable bonds is 7. The maximum atomic E-state index is 12.6. The molecule has 0 aliphatic carbocycles. The van der Waals surface area contributed by atoms with E-state index in [0.29, 0.717) is 18.0 Å². The Labute approximate surface area is 173 Å². The maximum Gasteiger partial charge on any atom is 0.265 e. The van der Waals surface area contributed by atoms with Crippen LogP contribution in [0, 0.1) is 6.92 Å². The van der Waals surface area contributed by atoms with Crippen molar-refractivity contribution in [3.8, 4) is 5.75 Å². The molecule has 0 unspecified atom stereocenters. The van der Waals surface area contributed by atoms with Crippen molar-refractivity contribution < 1.29 is 9.53 Å². The fourth-order valence-electron chi connectivity index (χ4n) is 2.97. The lowest BCUT2D eigenvalue weighted by Gasteiger charge is -2.08. The SMILES string of the molecule is Cc1ccccc1OCc1csc(C(=O)Nc2cccc(Cn3cccn3)c2)c1. The first-order valence-electron chi connectivity index (χ1n) is 9.31. The second-order valence-corrected chi connectivity index (χ2v) is 7.64. The fraction of sp³-hybridized carbons (Fsp3) is 0.130. The van der Waals surface area contributed by atoms with Crippen LogP contribution < -0.4 is 10.1 Å². The average molecular weight is 404 g/mol. The summed E-state index contributed by atoms with van der Waals surface area (Å²) in [5.41, 5.74) is 3.92. The third-order valence-electron chi connectivity index (χ3n) is 4.45. The van der Waals surface area contributed by atoms with Crippen LogP contribution in [0.2, 0.25) is 0 Å². The zero-order valence-electron chi connectivity index (χ0n) is 16.0. The normalized spacial score (nSPS) is 10.7. The number of carbonyl (C=O) groups is 1. The summed E-state index contributed by atoms with van der Waals surface area (Å²) in [6.07, 6.45) is 3.67. The summed E-state index contributed by atoms with van der Waals surface area (Å²) in [5, 5.41) is 9.15. The van der Waals surface area contributed by atoms with Gasteiger partial charge in [-0.05, 0) is 53.8 Å². The number of aromatic nitrogens is 2. The smallest absolute Gasteiger partial charge is 0.265 e. The van der Waals surface area contributed by atoms with Gasteiger partial charge in [-0.2, -0.15) is 5.10 Å². The monoisotopic (exact) mass is 403 g/mol. The van der Waals surface area contributed by atoms with Gasteiger partial charge in [0, 0.05) is 23.6 Å². The summed E-state index contributed by atoms with van der Waals surface area (Å²) in [5.74, 6) is 0.743. The number of hydrogen-bond donors (Lipinski definition) is 1. The van der Waals surface area contributed by atoms with Crippen LogP contribution in [0.4, 0.5) is 5.69 Å². The van der Waals surface area contributed by atoms with Gasteiger partial charge >= 0.3 is 0 Å². The lowest BCUT2D eigenvalue weighted by atomic mass is 10.2. The van der Waals surface area contributed by atoms with Gasteiger partial charge in [0.1, 0.15) is 12.4 Å². The van der Waals surface area contributed by atoms with E-state index >= 15 is 0 Å². The number of thiophene rings is 1. The molecular formula is C23H21N3O2S. The van der Waals surface area contributed by atoms with Crippen molar-refractivity contribution in [1.29, 1.82) is 0 Å². The molecule has 146 valence electrons. The van der Waals surface area contributed by atoms with E-state index in [2.05, 4.69) is 10.4 Å². The Balaban J connectivity index is 1.37. The van der Waals surface area contributed by atoms with Crippen molar-refractivity contribution >= 4 is 22.9 Å². The molecule has 0 atom stereocenters. The van der Waals surface area contributed by atoms with Gasteiger partial charge in [-0.1, -0.05) is 30.3 Å². The van der Waals surface area contributed by atoms with Crippen LogP contribution >= 0.6 is 11.3 Å². The van der Waals surface area contributed by atoms with Crippen molar-refractivity contribution in [2.75, 3.05) is 5.32 Å². The zero-order valence-corrected chi connectivity index (χ0v) is 16.9. The van der Waals surface area contributed by atoms with Crippen LogP contribution in [0.3, 0.4) is 0 Å². The van der Waals surface area contributed by atoms with Gasteiger partial charge in [0.15, 0.2) is 0 Å². The van der Waals surface area contributed by atoms with Crippen molar-refractivity contribution in [3.05, 3.63) is 100 Å². The number of carbonyl (C=O) groups excluding carboxylic acids is 1. The molecule has 5 nitrogen and oxygen atoms in total. The molecule has 1 N–H and O–H groups in total. The highest BCUT2D eigenvalue weighted by Crippen LogP contribution is 2.21. The summed E-state index contributed by atoms with van der Waals surface area (Å²) in [6, 6.07) is 19.5. The van der Waals surface area contributed by atoms with Gasteiger partial charge in [0.25, 0.3) is 5.91 Å². The van der Waals surface area contributed by atoms with E-state index < -0.39 is 0 Å². The zero-order chi connectivity index (χ0) is 20.1. The topological polar surface area (TPSA) is 56.1 Å². The number of nitrogens with zero attached hydrogens (tertiary/aromatic N) is 2. The molecule has 0 saturated heterocycles. The van der Waals surface area contributed by atoms with Crippen molar-refractivity contribution in [2.24, 2.45) is 0 Å². The Morgan fingerprint density at radius 3 is 2.83 bits per heavy atom. The molecule has 2 aromatic heterocycles. The second kappa shape index (κ2) is 8.75. The predicted octanol–water partition coefficient (Wildman–Crippen LogP) is 5.13. The van der Waals surface area contributed by atoms with Gasteiger partial charge in [0.05, 0.1) is 11.4 Å². The summed E-state index contributed by atoms with van der Waals surface area (Å²) in [7, 11) is 0. The van der Waals surface area contributed by atoms with E-state index in [4.69, 9.17) is 4.74 Å². The quantitative estimate of drug-likeness (QED) is 0.465. The standard InChI is InChI=1S/C23H21N3O2S/c1-17-6-2-3-9-21(17)28-15-19-13-22(29-16-19)23(27)25-20-8-4-7-18(12-20)14-26-11-5-10-24-26/h2-13,16H,14-15H2,1H3,(H,25,27). The summed E-state index contributed by atoms with van der Waals surface area (Å²) in [6.45, 7) is 3.12. The third-order valence-corrected chi connectivity index (χ3v) is 5.43. The molecule has 4 aromatic rings. The van der Waals surface area contributed by atoms with E-state index in [1.54, 1.807) is 6.20 Å². The Morgan fingerprint density at radius 1 is 1.10 bits per heavy atom. The Morgan fingerprint density at radius 2 is 2.00 bits per heavy atom. The first kappa shape index (κ1) is 19.0. The molecule has 4 rings (SSSR count). The van der Waals surface area contributed by atoms with Crippen LogP contribution in [0.25, 0.3) is 0 Å². The van der Waals surface area contributed by atoms with Crippen molar-refractivity contribution in [2.45, 2.75) is 20.1 Å². The molecule has 0 aliphatic heterocycles. The molecule has 2 aromatic carbocycles. The van der Waals surface area contributed by atoms with E-state index in [1.807, 2.05) is 83.8 Å². The first-order valence-corrected chi connectivity index (χ1v) is 10.2. The fourth-order valence-corrected chi connectivity index (χ4v) is 3.76. The average Bonchev–Trinajstić information content (AvgIpc) is 3.40. The summed E-state index contributed by atoms with van der Waals surface area (Å²) >= 11 is 1.42. The van der Waals surface area contributed by atoms with Gasteiger partial charge in [0.2, 0.25) is 0 Å². The highest BCUT2D eigenvalue weighted by atomic mass is 32.1. The van der Waals surface area contributed by atoms with Gasteiger partial charge in [-0.3, -0.25) is 9.48 Å². The van der Waals surface area contributed by atoms with E-state index in [-0.39, 0.29) is 5.91 Å². The van der Waals surface area contributed by atoms with Gasteiger partial charge < -0.3 is 10.1 Å². The molecule has 0 saturated carbocycles. The van der Waals surface area contributed by atoms with E-state index in [0.717, 1.165) is 28.1 Å². The number of hydrogen-bond acceptors (Lipinski definition) is 4. The molecule has 0 spiro atoms. The van der Waals surface area contributed by atoms with Crippen LogP contribution in [0.5, 0.6) is 5.75 Å². The molecular weight excluding hydrogens is 382 g/mol. The minimum atomic E-state index is -0.117. The van der Waals surface area contributed by atoms with Crippen LogP contribution in [-0.2, 0) is 13.2 Å². The lowest BCUT2D eigenvalue weighted by molar-refractivity contribution is 0.103. The number of amides is 1. The molecule has 2 heterocycles. The molecule has 0 radical (unpaired) electrons. The lowest BCUT2D eigenvalue weighted by Crippen LogP contribution is -2.10. The summed E-state index contributed by atoms with van der Waals surface area (Å²) in [4.78, 5) is 13.3. The molecule has 0 bridgehead atoms. The van der Waals surface area contributed by atoms with Crippen LogP contribution in [0.15, 0.2) is 78.4 Å². The van der Waals surface area contributed by atoms with Crippen molar-refractivity contribution in [3.63, 3.8) is 0 Å². The Kier molecular flexibility index (Phi) is 5.72. The molecule has 1 amide bonds. The number of aryl methyl sites for hydroxylation is 1. The first-order chi connectivity index (χ1) is 14.2. The Bertz CT molecular complexity index is 1100. The van der Waals surface area contributed by atoms with Gasteiger partial charge in [-0.15, -0.1) is 11.3 Å². The van der Waals surface area contributed by atoms with Crippen molar-refractivity contribution in [1.82, 2.24) is 9.78 Å². The predicted molar refractivity (Wildman–Crippen MR) is 116 cm³/mol. The van der Waals surface area contributed by atoms with Gasteiger partial charge in [-0.25, -0.2) is 0 Å². The largest absolute Gasteiger partial charge is 0.489 e. The number of nitrogens with one attached hydrogen (secondary N) is 1. The number of para-hydroxylation sites is 1. The Hall–Kier alpha value is -3.38. The second-order valence-electron chi connectivity index (χ2n) is 6.73. The van der Waals surface area contributed by atoms with E-state index in [1.165, 1.54) is 11.3 Å². The molecule has 29 heavy (non-hydrogen) atoms. The number of ether oxygens (including phenoxy) is 1. The molecule has 6 heteroatoms. The molecule has 0 fully saturated rings. The highest BCUT2D eigenvalue weighted by Gasteiger charge is 2.11. The maximum absolute atomic E-state index is 12.6. The summed E-state index contributed by atoms with van der Waals surface area (Å²) < 4.78 is 7.71. The van der Waals surface area contributed by atoms with E-state index in [9.17, 15) is 4.79 Å². The third kappa shape index (κ3) is 4.92. The minimum absolute atomic E-state index is 0.117. The molecule has 0 aliphatic rings. The highest BCUT2D eigenvalue weighted by molar-refractivity contribution is 7.12. The van der Waals surface area contributed by atoms with Crippen LogP contribution in [-0.4, -0.2) is 15.7 Å². The number of benzene rings is 2.